The lowest BCUT2D eigenvalue weighted by Gasteiger charge is -2.36. The van der Waals surface area contributed by atoms with Crippen molar-refractivity contribution in [2.45, 2.75) is 25.8 Å². The number of thiophene rings is 1. The minimum atomic E-state index is -0.00206. The first-order valence-corrected chi connectivity index (χ1v) is 7.81. The maximum Gasteiger partial charge on any atom is 0.264 e. The van der Waals surface area contributed by atoms with Crippen LogP contribution < -0.4 is 5.73 Å². The van der Waals surface area contributed by atoms with E-state index in [0.29, 0.717) is 17.1 Å². The van der Waals surface area contributed by atoms with Crippen LogP contribution in [0.4, 0.5) is 5.69 Å². The Bertz CT molecular complexity index is 447. The van der Waals surface area contributed by atoms with Gasteiger partial charge < -0.3 is 20.6 Å². The number of carbonyl (C=O) groups is 1. The number of nitrogens with zero attached hydrogens (tertiary/aromatic N) is 2. The molecule has 1 amide bonds. The molecule has 0 atom stereocenters. The Hall–Kier alpha value is -1.11. The number of nitrogens with two attached hydrogens (primary N) is 1. The lowest BCUT2D eigenvalue weighted by molar-refractivity contribution is 0.0545. The molecule has 1 aromatic rings. The maximum absolute atomic E-state index is 12.6. The average molecular weight is 297 g/mol. The molecule has 0 unspecified atom stereocenters. The molecule has 1 saturated heterocycles. The van der Waals surface area contributed by atoms with Crippen LogP contribution in [-0.4, -0.2) is 60.1 Å². The van der Waals surface area contributed by atoms with Gasteiger partial charge in [0.15, 0.2) is 0 Å². The van der Waals surface area contributed by atoms with Crippen LogP contribution in [0.1, 0.15) is 27.4 Å². The molecule has 2 rings (SSSR count). The van der Waals surface area contributed by atoms with E-state index in [1.807, 2.05) is 11.8 Å². The van der Waals surface area contributed by atoms with Gasteiger partial charge in [0, 0.05) is 23.2 Å². The number of piperidine rings is 1. The number of aliphatic hydroxyl groups excluding tert-OH is 1. The van der Waals surface area contributed by atoms with Crippen LogP contribution in [0.15, 0.2) is 6.07 Å². The van der Waals surface area contributed by atoms with Gasteiger partial charge in [0.05, 0.1) is 11.5 Å². The summed E-state index contributed by atoms with van der Waals surface area (Å²) in [7, 11) is 2.09. The van der Waals surface area contributed by atoms with E-state index < -0.39 is 0 Å². The molecule has 1 aliphatic rings. The normalized spacial score (nSPS) is 17.4. The van der Waals surface area contributed by atoms with Gasteiger partial charge in [-0.05, 0) is 46.0 Å². The molecule has 0 bridgehead atoms. The summed E-state index contributed by atoms with van der Waals surface area (Å²) in [5.41, 5.74) is 6.50. The number of aliphatic hydroxyl groups is 1. The number of nitrogen functional groups attached to an aromatic ring is 1. The van der Waals surface area contributed by atoms with Gasteiger partial charge in [-0.1, -0.05) is 0 Å². The molecule has 6 heteroatoms. The SMILES string of the molecule is Cc1sc(C(=O)N(CCO)C2CCN(C)CC2)cc1N. The summed E-state index contributed by atoms with van der Waals surface area (Å²) >= 11 is 1.43. The summed E-state index contributed by atoms with van der Waals surface area (Å²) in [6, 6.07) is 1.97. The van der Waals surface area contributed by atoms with Crippen LogP contribution >= 0.6 is 11.3 Å². The zero-order valence-corrected chi connectivity index (χ0v) is 12.9. The molecule has 2 heterocycles. The van der Waals surface area contributed by atoms with Crippen molar-refractivity contribution in [1.82, 2.24) is 9.80 Å². The second-order valence-corrected chi connectivity index (χ2v) is 6.64. The Balaban J connectivity index is 2.13. The molecular formula is C14H23N3O2S. The average Bonchev–Trinajstić information content (AvgIpc) is 2.77. The van der Waals surface area contributed by atoms with Crippen molar-refractivity contribution in [3.63, 3.8) is 0 Å². The van der Waals surface area contributed by atoms with E-state index in [2.05, 4.69) is 11.9 Å². The van der Waals surface area contributed by atoms with E-state index in [9.17, 15) is 9.90 Å². The summed E-state index contributed by atoms with van der Waals surface area (Å²) in [6.45, 7) is 4.29. The van der Waals surface area contributed by atoms with Crippen LogP contribution in [0.3, 0.4) is 0 Å². The van der Waals surface area contributed by atoms with Gasteiger partial charge in [-0.2, -0.15) is 0 Å². The largest absolute Gasteiger partial charge is 0.398 e. The number of hydrogen-bond donors (Lipinski definition) is 2. The fraction of sp³-hybridized carbons (Fsp3) is 0.643. The number of rotatable bonds is 4. The van der Waals surface area contributed by atoms with Crippen molar-refractivity contribution in [3.05, 3.63) is 15.8 Å². The number of carbonyl (C=O) groups excluding carboxylic acids is 1. The molecule has 1 aromatic heterocycles. The molecule has 5 nitrogen and oxygen atoms in total. The molecule has 0 aliphatic carbocycles. The first kappa shape index (κ1) is 15.3. The number of likely N-dealkylation sites (tertiary alicyclic amines) is 1. The predicted octanol–water partition coefficient (Wildman–Crippen LogP) is 1.17. The predicted molar refractivity (Wildman–Crippen MR) is 82.1 cm³/mol. The number of amides is 1. The van der Waals surface area contributed by atoms with Crippen LogP contribution in [0.5, 0.6) is 0 Å². The van der Waals surface area contributed by atoms with Crippen molar-refractivity contribution in [3.8, 4) is 0 Å². The first-order chi connectivity index (χ1) is 9.52. The van der Waals surface area contributed by atoms with E-state index in [4.69, 9.17) is 5.73 Å². The molecular weight excluding hydrogens is 274 g/mol. The van der Waals surface area contributed by atoms with Crippen molar-refractivity contribution in [1.29, 1.82) is 0 Å². The number of aryl methyl sites for hydroxylation is 1. The number of anilines is 1. The fourth-order valence-corrected chi connectivity index (χ4v) is 3.50. The maximum atomic E-state index is 12.6. The molecule has 0 aromatic carbocycles. The zero-order valence-electron chi connectivity index (χ0n) is 12.1. The summed E-state index contributed by atoms with van der Waals surface area (Å²) in [5, 5.41) is 9.25. The molecule has 3 N–H and O–H groups in total. The highest BCUT2D eigenvalue weighted by Gasteiger charge is 2.28. The Kier molecular flexibility index (Phi) is 5.01. The second kappa shape index (κ2) is 6.56. The van der Waals surface area contributed by atoms with Crippen LogP contribution in [0.2, 0.25) is 0 Å². The van der Waals surface area contributed by atoms with Gasteiger partial charge in [0.2, 0.25) is 0 Å². The minimum absolute atomic E-state index is 0.00148. The number of hydrogen-bond acceptors (Lipinski definition) is 5. The van der Waals surface area contributed by atoms with Gasteiger partial charge in [0.1, 0.15) is 0 Å². The molecule has 0 radical (unpaired) electrons. The molecule has 1 aliphatic heterocycles. The smallest absolute Gasteiger partial charge is 0.264 e. The standard InChI is InChI=1S/C14H23N3O2S/c1-10-12(15)9-13(20-10)14(19)17(7-8-18)11-3-5-16(2)6-4-11/h9,11,18H,3-8,15H2,1-2H3. The Labute approximate surface area is 124 Å². The van der Waals surface area contributed by atoms with Gasteiger partial charge in [-0.3, -0.25) is 4.79 Å². The topological polar surface area (TPSA) is 69.8 Å². The summed E-state index contributed by atoms with van der Waals surface area (Å²) in [6.07, 6.45) is 1.92. The molecule has 0 spiro atoms. The van der Waals surface area contributed by atoms with Crippen LogP contribution in [0.25, 0.3) is 0 Å². The van der Waals surface area contributed by atoms with Gasteiger partial charge in [-0.15, -0.1) is 11.3 Å². The lowest BCUT2D eigenvalue weighted by atomic mass is 10.0. The Morgan fingerprint density at radius 2 is 2.20 bits per heavy atom. The van der Waals surface area contributed by atoms with Gasteiger partial charge in [0.25, 0.3) is 5.91 Å². The van der Waals surface area contributed by atoms with E-state index in [0.717, 1.165) is 30.8 Å². The molecule has 0 saturated carbocycles. The first-order valence-electron chi connectivity index (χ1n) is 6.99. The van der Waals surface area contributed by atoms with Crippen molar-refractivity contribution in [2.75, 3.05) is 39.0 Å². The highest BCUT2D eigenvalue weighted by Crippen LogP contribution is 2.26. The molecule has 112 valence electrons. The zero-order chi connectivity index (χ0) is 14.7. The third-order valence-corrected chi connectivity index (χ3v) is 4.95. The summed E-state index contributed by atoms with van der Waals surface area (Å²) in [5.74, 6) is -0.00148. The van der Waals surface area contributed by atoms with E-state index in [-0.39, 0.29) is 18.6 Å². The highest BCUT2D eigenvalue weighted by atomic mass is 32.1. The van der Waals surface area contributed by atoms with Crippen molar-refractivity contribution in [2.24, 2.45) is 0 Å². The lowest BCUT2D eigenvalue weighted by Crippen LogP contribution is -2.47. The third kappa shape index (κ3) is 3.31. The van der Waals surface area contributed by atoms with Crippen LogP contribution in [0, 0.1) is 6.92 Å². The quantitative estimate of drug-likeness (QED) is 0.875. The highest BCUT2D eigenvalue weighted by molar-refractivity contribution is 7.14. The summed E-state index contributed by atoms with van der Waals surface area (Å²) in [4.78, 5) is 18.4. The second-order valence-electron chi connectivity index (χ2n) is 5.38. The third-order valence-electron chi connectivity index (χ3n) is 3.90. The molecule has 20 heavy (non-hydrogen) atoms. The van der Waals surface area contributed by atoms with Crippen molar-refractivity contribution >= 4 is 22.9 Å². The fourth-order valence-electron chi connectivity index (χ4n) is 2.61. The van der Waals surface area contributed by atoms with E-state index >= 15 is 0 Å². The molecule has 1 fully saturated rings. The summed E-state index contributed by atoms with van der Waals surface area (Å²) < 4.78 is 0. The van der Waals surface area contributed by atoms with Crippen LogP contribution in [-0.2, 0) is 0 Å². The Morgan fingerprint density at radius 1 is 1.55 bits per heavy atom. The van der Waals surface area contributed by atoms with Gasteiger partial charge in [-0.25, -0.2) is 0 Å². The van der Waals surface area contributed by atoms with E-state index in [1.54, 1.807) is 6.07 Å². The van der Waals surface area contributed by atoms with Gasteiger partial charge >= 0.3 is 0 Å². The van der Waals surface area contributed by atoms with Crippen molar-refractivity contribution < 1.29 is 9.90 Å². The monoisotopic (exact) mass is 297 g/mol. The minimum Gasteiger partial charge on any atom is -0.398 e. The Morgan fingerprint density at radius 3 is 2.70 bits per heavy atom. The van der Waals surface area contributed by atoms with E-state index in [1.165, 1.54) is 11.3 Å².